The molecule has 0 aliphatic carbocycles. The van der Waals surface area contributed by atoms with E-state index in [2.05, 4.69) is 13.8 Å². The summed E-state index contributed by atoms with van der Waals surface area (Å²) >= 11 is 6.42. The van der Waals surface area contributed by atoms with Gasteiger partial charge in [-0.1, -0.05) is 49.7 Å². The van der Waals surface area contributed by atoms with Crippen LogP contribution < -0.4 is 15.2 Å². The highest BCUT2D eigenvalue weighted by atomic mass is 35.5. The summed E-state index contributed by atoms with van der Waals surface area (Å²) < 4.78 is 17.6. The summed E-state index contributed by atoms with van der Waals surface area (Å²) in [5.74, 6) is 1.63. The van der Waals surface area contributed by atoms with E-state index in [9.17, 15) is 9.90 Å². The Morgan fingerprint density at radius 3 is 2.44 bits per heavy atom. The third-order valence-corrected chi connectivity index (χ3v) is 7.62. The van der Waals surface area contributed by atoms with Crippen molar-refractivity contribution in [3.8, 4) is 11.5 Å². The molecular weight excluding hydrogens is 516 g/mol. The number of methoxy groups -OCH3 is 2. The van der Waals surface area contributed by atoms with Gasteiger partial charge in [0.15, 0.2) is 11.5 Å². The van der Waals surface area contributed by atoms with E-state index >= 15 is 0 Å². The highest BCUT2D eigenvalue weighted by Crippen LogP contribution is 2.32. The Morgan fingerprint density at radius 1 is 1.10 bits per heavy atom. The number of aliphatic hydroxyl groups is 1. The van der Waals surface area contributed by atoms with Gasteiger partial charge in [-0.2, -0.15) is 0 Å². The Bertz CT molecular complexity index is 1050. The minimum absolute atomic E-state index is 0.0520. The molecule has 8 heteroatoms. The number of hydrogen-bond acceptors (Lipinski definition) is 6. The first-order chi connectivity index (χ1) is 18.4. The Balaban J connectivity index is 2.04. The van der Waals surface area contributed by atoms with Crippen molar-refractivity contribution in [3.63, 3.8) is 0 Å². The van der Waals surface area contributed by atoms with Crippen LogP contribution in [0.4, 0.5) is 0 Å². The van der Waals surface area contributed by atoms with Crippen LogP contribution in [0.2, 0.25) is 0 Å². The van der Waals surface area contributed by atoms with Crippen LogP contribution in [0, 0.1) is 18.8 Å². The van der Waals surface area contributed by atoms with E-state index < -0.39 is 17.6 Å². The monoisotopic (exact) mass is 562 g/mol. The number of hydrogen-bond donors (Lipinski definition) is 2. The molecule has 3 N–H and O–H groups in total. The number of ether oxygens (including phenoxy) is 3. The lowest BCUT2D eigenvalue weighted by Crippen LogP contribution is -2.47. The summed E-state index contributed by atoms with van der Waals surface area (Å²) in [5, 5.41) is 10.9. The minimum Gasteiger partial charge on any atom is -0.493 e. The highest BCUT2D eigenvalue weighted by molar-refractivity contribution is 6.22. The van der Waals surface area contributed by atoms with Crippen LogP contribution in [0.1, 0.15) is 57.2 Å². The molecule has 39 heavy (non-hydrogen) atoms. The molecular formula is C31H47ClN2O5. The zero-order valence-corrected chi connectivity index (χ0v) is 25.3. The fourth-order valence-electron chi connectivity index (χ4n) is 4.59. The fraction of sp³-hybridized carbons (Fsp3) is 0.581. The molecule has 0 saturated carbocycles. The molecule has 3 atom stereocenters. The number of nitrogens with zero attached hydrogens (tertiary/aromatic N) is 1. The molecule has 2 rings (SSSR count). The smallest absolute Gasteiger partial charge is 0.247 e. The van der Waals surface area contributed by atoms with Crippen molar-refractivity contribution >= 4 is 17.7 Å². The van der Waals surface area contributed by atoms with Gasteiger partial charge in [-0.3, -0.25) is 9.21 Å². The first-order valence-electron chi connectivity index (χ1n) is 13.7. The molecule has 2 aromatic carbocycles. The summed E-state index contributed by atoms with van der Waals surface area (Å²) in [6.45, 7) is 11.1. The number of carbonyl (C=O) groups is 1. The standard InChI is InChI=1S/C31H47ClN2O5/c1-21(2)24(17-23-12-13-28(38-7)29(18-23)39-15-9-14-37-6)19-26(33)27(35)20-34(32)30(36)31(4,5)25-11-8-10-22(3)16-25/h8,10-13,16,18,21,24,26-27,35H,9,14-15,17,19-20,33H2,1-7H3/t24-,26-,27-/m0/s1. The molecule has 0 aromatic heterocycles. The van der Waals surface area contributed by atoms with Crippen LogP contribution in [-0.4, -0.2) is 61.6 Å². The van der Waals surface area contributed by atoms with Gasteiger partial charge in [-0.05, 0) is 68.7 Å². The predicted octanol–water partition coefficient (Wildman–Crippen LogP) is 5.27. The summed E-state index contributed by atoms with van der Waals surface area (Å²) in [5.41, 5.74) is 8.67. The van der Waals surface area contributed by atoms with E-state index in [0.717, 1.165) is 34.0 Å². The van der Waals surface area contributed by atoms with Gasteiger partial charge in [0.05, 0.1) is 31.8 Å². The van der Waals surface area contributed by atoms with Crippen LogP contribution in [0.5, 0.6) is 11.5 Å². The lowest BCUT2D eigenvalue weighted by molar-refractivity contribution is -0.132. The van der Waals surface area contributed by atoms with Crippen LogP contribution in [0.3, 0.4) is 0 Å². The quantitative estimate of drug-likeness (QED) is 0.214. The van der Waals surface area contributed by atoms with Crippen LogP contribution in [0.15, 0.2) is 42.5 Å². The molecule has 0 radical (unpaired) electrons. The van der Waals surface area contributed by atoms with Crippen molar-refractivity contribution in [2.24, 2.45) is 17.6 Å². The molecule has 7 nitrogen and oxygen atoms in total. The summed E-state index contributed by atoms with van der Waals surface area (Å²) in [4.78, 5) is 13.2. The van der Waals surface area contributed by atoms with Crippen LogP contribution >= 0.6 is 11.8 Å². The molecule has 0 bridgehead atoms. The second kappa shape index (κ2) is 15.5. The maximum atomic E-state index is 13.2. The van der Waals surface area contributed by atoms with Crippen LogP contribution in [0.25, 0.3) is 0 Å². The van der Waals surface area contributed by atoms with Gasteiger partial charge in [-0.15, -0.1) is 0 Å². The molecule has 0 unspecified atom stereocenters. The number of halogens is 1. The van der Waals surface area contributed by atoms with Crippen molar-refractivity contribution in [1.82, 2.24) is 4.42 Å². The first kappa shape index (κ1) is 32.9. The fourth-order valence-corrected chi connectivity index (χ4v) is 4.94. The Labute approximate surface area is 239 Å². The zero-order chi connectivity index (χ0) is 29.2. The van der Waals surface area contributed by atoms with Crippen molar-refractivity contribution in [1.29, 1.82) is 0 Å². The molecule has 0 spiro atoms. The molecule has 0 aliphatic heterocycles. The number of nitrogens with two attached hydrogens (primary N) is 1. The number of rotatable bonds is 16. The molecule has 0 aliphatic rings. The molecule has 2 aromatic rings. The second-order valence-electron chi connectivity index (χ2n) is 11.2. The van der Waals surface area contributed by atoms with Gasteiger partial charge >= 0.3 is 0 Å². The largest absolute Gasteiger partial charge is 0.493 e. The lowest BCUT2D eigenvalue weighted by atomic mass is 9.82. The Hall–Kier alpha value is -2.32. The van der Waals surface area contributed by atoms with Crippen molar-refractivity contribution in [2.75, 3.05) is 34.0 Å². The maximum absolute atomic E-state index is 13.2. The van der Waals surface area contributed by atoms with E-state index in [1.807, 2.05) is 63.2 Å². The number of aliphatic hydroxyl groups excluding tert-OH is 1. The van der Waals surface area contributed by atoms with Crippen molar-refractivity contribution < 1.29 is 24.1 Å². The van der Waals surface area contributed by atoms with E-state index in [1.165, 1.54) is 0 Å². The van der Waals surface area contributed by atoms with Gasteiger partial charge in [0.1, 0.15) is 0 Å². The number of benzene rings is 2. The number of aryl methyl sites for hydroxylation is 1. The van der Waals surface area contributed by atoms with E-state index in [-0.39, 0.29) is 18.4 Å². The highest BCUT2D eigenvalue weighted by Gasteiger charge is 2.35. The minimum atomic E-state index is -0.962. The van der Waals surface area contributed by atoms with Gasteiger partial charge in [0, 0.05) is 38.0 Å². The zero-order valence-electron chi connectivity index (χ0n) is 24.6. The van der Waals surface area contributed by atoms with Crippen molar-refractivity contribution in [3.05, 3.63) is 59.2 Å². The Kier molecular flexibility index (Phi) is 13.0. The molecule has 0 fully saturated rings. The molecule has 1 amide bonds. The van der Waals surface area contributed by atoms with E-state index in [4.69, 9.17) is 31.7 Å². The molecule has 0 heterocycles. The maximum Gasteiger partial charge on any atom is 0.247 e. The van der Waals surface area contributed by atoms with E-state index in [0.29, 0.717) is 37.1 Å². The average Bonchev–Trinajstić information content (AvgIpc) is 2.90. The average molecular weight is 563 g/mol. The molecule has 0 saturated heterocycles. The third kappa shape index (κ3) is 9.67. The Morgan fingerprint density at radius 2 is 1.82 bits per heavy atom. The SMILES string of the molecule is COCCCOc1cc(C[C@@H](C[C@H](N)[C@@H](O)CN(Cl)C(=O)C(C)(C)c2cccc(C)c2)C(C)C)ccc1OC. The summed E-state index contributed by atoms with van der Waals surface area (Å²) in [6, 6.07) is 13.2. The summed E-state index contributed by atoms with van der Waals surface area (Å²) in [7, 11) is 3.30. The van der Waals surface area contributed by atoms with Gasteiger partial charge < -0.3 is 25.1 Å². The topological polar surface area (TPSA) is 94.3 Å². The van der Waals surface area contributed by atoms with Crippen LogP contribution in [-0.2, 0) is 21.4 Å². The van der Waals surface area contributed by atoms with Gasteiger partial charge in [0.25, 0.3) is 0 Å². The lowest BCUT2D eigenvalue weighted by Gasteiger charge is -2.32. The number of amides is 1. The van der Waals surface area contributed by atoms with Gasteiger partial charge in [0.2, 0.25) is 5.91 Å². The first-order valence-corrected chi connectivity index (χ1v) is 14.0. The second-order valence-corrected chi connectivity index (χ2v) is 11.6. The normalized spacial score (nSPS) is 14.1. The number of carbonyl (C=O) groups excluding carboxylic acids is 1. The predicted molar refractivity (Wildman–Crippen MR) is 157 cm³/mol. The summed E-state index contributed by atoms with van der Waals surface area (Å²) in [6.07, 6.45) is 1.17. The third-order valence-electron chi connectivity index (χ3n) is 7.33. The molecule has 218 valence electrons. The van der Waals surface area contributed by atoms with E-state index in [1.54, 1.807) is 14.2 Å². The van der Waals surface area contributed by atoms with Crippen molar-refractivity contribution in [2.45, 2.75) is 71.4 Å². The van der Waals surface area contributed by atoms with Gasteiger partial charge in [-0.25, -0.2) is 0 Å².